The van der Waals surface area contributed by atoms with Crippen LogP contribution in [0.25, 0.3) is 0 Å². The zero-order valence-electron chi connectivity index (χ0n) is 8.22. The van der Waals surface area contributed by atoms with Gasteiger partial charge in [0.1, 0.15) is 0 Å². The maximum absolute atomic E-state index is 11.5. The molecule has 16 heavy (non-hydrogen) atoms. The van der Waals surface area contributed by atoms with Crippen molar-refractivity contribution in [2.45, 2.75) is 13.3 Å². The second kappa shape index (κ2) is 5.53. The Balaban J connectivity index is 3.04. The van der Waals surface area contributed by atoms with Gasteiger partial charge >= 0.3 is 11.9 Å². The zero-order chi connectivity index (χ0) is 12.3. The second-order valence-corrected chi connectivity index (χ2v) is 4.11. The first-order valence-electron chi connectivity index (χ1n) is 4.35. The smallest absolute Gasteiger partial charge is 0.348 e. The lowest BCUT2D eigenvalue weighted by Gasteiger charge is -2.06. The van der Waals surface area contributed by atoms with E-state index in [2.05, 4.69) is 4.74 Å². The van der Waals surface area contributed by atoms with E-state index in [9.17, 15) is 9.59 Å². The van der Waals surface area contributed by atoms with Crippen LogP contribution < -0.4 is 0 Å². The molecule has 86 valence electrons. The molecule has 0 amide bonds. The Morgan fingerprint density at radius 1 is 1.19 bits per heavy atom. The standard InChI is InChI=1S/C10H7Cl3O3/c1-2-8(14)16-10(15)9-6(12)3-5(11)4-7(9)13/h3-4H,2H2,1H3. The van der Waals surface area contributed by atoms with Crippen LogP contribution in [0.3, 0.4) is 0 Å². The summed E-state index contributed by atoms with van der Waals surface area (Å²) in [4.78, 5) is 22.4. The molecule has 0 heterocycles. The fourth-order valence-electron chi connectivity index (χ4n) is 0.964. The first-order chi connectivity index (χ1) is 7.45. The summed E-state index contributed by atoms with van der Waals surface area (Å²) in [5.74, 6) is -1.52. The number of carbonyl (C=O) groups excluding carboxylic acids is 2. The highest BCUT2D eigenvalue weighted by Crippen LogP contribution is 2.29. The van der Waals surface area contributed by atoms with E-state index >= 15 is 0 Å². The van der Waals surface area contributed by atoms with E-state index in [0.717, 1.165) is 0 Å². The Morgan fingerprint density at radius 2 is 1.69 bits per heavy atom. The van der Waals surface area contributed by atoms with Crippen LogP contribution in [0.15, 0.2) is 12.1 Å². The number of esters is 2. The summed E-state index contributed by atoms with van der Waals surface area (Å²) in [6.45, 7) is 1.57. The Labute approximate surface area is 107 Å². The van der Waals surface area contributed by atoms with Crippen molar-refractivity contribution in [1.29, 1.82) is 0 Å². The number of halogens is 3. The normalized spacial score (nSPS) is 10.0. The first-order valence-corrected chi connectivity index (χ1v) is 5.48. The molecule has 0 saturated heterocycles. The molecule has 0 aromatic heterocycles. The summed E-state index contributed by atoms with van der Waals surface area (Å²) in [7, 11) is 0. The van der Waals surface area contributed by atoms with Crippen molar-refractivity contribution in [3.63, 3.8) is 0 Å². The fourth-order valence-corrected chi connectivity index (χ4v) is 1.94. The minimum absolute atomic E-state index is 0.0476. The fraction of sp³-hybridized carbons (Fsp3) is 0.200. The summed E-state index contributed by atoms with van der Waals surface area (Å²) in [5.41, 5.74) is -0.0606. The van der Waals surface area contributed by atoms with E-state index in [4.69, 9.17) is 34.8 Å². The summed E-state index contributed by atoms with van der Waals surface area (Å²) in [6.07, 6.45) is 0.0918. The van der Waals surface area contributed by atoms with Crippen LogP contribution in [0.2, 0.25) is 15.1 Å². The lowest BCUT2D eigenvalue weighted by atomic mass is 10.2. The van der Waals surface area contributed by atoms with Crippen LogP contribution in [0.5, 0.6) is 0 Å². The molecule has 6 heteroatoms. The minimum Gasteiger partial charge on any atom is -0.389 e. The van der Waals surface area contributed by atoms with E-state index in [1.54, 1.807) is 6.92 Å². The van der Waals surface area contributed by atoms with Gasteiger partial charge in [-0.2, -0.15) is 0 Å². The lowest BCUT2D eigenvalue weighted by Crippen LogP contribution is -2.12. The van der Waals surface area contributed by atoms with Crippen molar-refractivity contribution in [2.75, 3.05) is 0 Å². The number of ether oxygens (including phenoxy) is 1. The molecule has 0 aliphatic carbocycles. The topological polar surface area (TPSA) is 43.4 Å². The molecular formula is C10H7Cl3O3. The van der Waals surface area contributed by atoms with E-state index < -0.39 is 11.9 Å². The van der Waals surface area contributed by atoms with Crippen molar-refractivity contribution < 1.29 is 14.3 Å². The van der Waals surface area contributed by atoms with Crippen LogP contribution in [-0.4, -0.2) is 11.9 Å². The summed E-state index contributed by atoms with van der Waals surface area (Å²) in [6, 6.07) is 2.70. The predicted octanol–water partition coefficient (Wildman–Crippen LogP) is 3.74. The monoisotopic (exact) mass is 280 g/mol. The Morgan fingerprint density at radius 3 is 2.12 bits per heavy atom. The third-order valence-corrected chi connectivity index (χ3v) is 2.52. The van der Waals surface area contributed by atoms with Gasteiger partial charge in [0.25, 0.3) is 0 Å². The van der Waals surface area contributed by atoms with Gasteiger partial charge in [-0.25, -0.2) is 4.79 Å². The summed E-state index contributed by atoms with van der Waals surface area (Å²) in [5, 5.41) is 0.395. The van der Waals surface area contributed by atoms with Gasteiger partial charge in [-0.05, 0) is 12.1 Å². The number of rotatable bonds is 2. The van der Waals surface area contributed by atoms with Crippen molar-refractivity contribution in [1.82, 2.24) is 0 Å². The van der Waals surface area contributed by atoms with Crippen molar-refractivity contribution in [2.24, 2.45) is 0 Å². The molecule has 0 saturated carbocycles. The molecule has 1 rings (SSSR count). The molecule has 0 atom stereocenters. The van der Waals surface area contributed by atoms with Crippen molar-refractivity contribution >= 4 is 46.7 Å². The quantitative estimate of drug-likeness (QED) is 0.612. The average Bonchev–Trinajstić information content (AvgIpc) is 2.15. The Bertz CT molecular complexity index is 420. The van der Waals surface area contributed by atoms with Crippen LogP contribution >= 0.6 is 34.8 Å². The highest BCUT2D eigenvalue weighted by molar-refractivity contribution is 6.42. The molecule has 0 N–H and O–H groups in total. The maximum atomic E-state index is 11.5. The maximum Gasteiger partial charge on any atom is 0.348 e. The van der Waals surface area contributed by atoms with Gasteiger partial charge in [0.2, 0.25) is 0 Å². The van der Waals surface area contributed by atoms with Gasteiger partial charge in [0.05, 0.1) is 15.6 Å². The molecule has 1 aromatic carbocycles. The molecule has 0 fully saturated rings. The summed E-state index contributed by atoms with van der Waals surface area (Å²) < 4.78 is 4.50. The van der Waals surface area contributed by atoms with Crippen LogP contribution in [0.4, 0.5) is 0 Å². The SMILES string of the molecule is CCC(=O)OC(=O)c1c(Cl)cc(Cl)cc1Cl. The molecule has 0 bridgehead atoms. The van der Waals surface area contributed by atoms with Gasteiger partial charge < -0.3 is 4.74 Å². The van der Waals surface area contributed by atoms with E-state index in [1.165, 1.54) is 12.1 Å². The van der Waals surface area contributed by atoms with Crippen molar-refractivity contribution in [3.8, 4) is 0 Å². The predicted molar refractivity (Wildman–Crippen MR) is 62.2 cm³/mol. The highest BCUT2D eigenvalue weighted by Gasteiger charge is 2.19. The van der Waals surface area contributed by atoms with Gasteiger partial charge in [-0.1, -0.05) is 41.7 Å². The van der Waals surface area contributed by atoms with Gasteiger partial charge in [-0.15, -0.1) is 0 Å². The largest absolute Gasteiger partial charge is 0.389 e. The third-order valence-electron chi connectivity index (χ3n) is 1.71. The average molecular weight is 282 g/mol. The lowest BCUT2D eigenvalue weighted by molar-refractivity contribution is -0.137. The molecule has 0 unspecified atom stereocenters. The molecule has 0 aliphatic rings. The van der Waals surface area contributed by atoms with Crippen LogP contribution in [0.1, 0.15) is 23.7 Å². The molecule has 3 nitrogen and oxygen atoms in total. The third kappa shape index (κ3) is 3.11. The second-order valence-electron chi connectivity index (χ2n) is 2.86. The zero-order valence-corrected chi connectivity index (χ0v) is 10.5. The van der Waals surface area contributed by atoms with E-state index in [1.807, 2.05) is 0 Å². The minimum atomic E-state index is -0.876. The molecule has 0 radical (unpaired) electrons. The first kappa shape index (κ1) is 13.3. The summed E-state index contributed by atoms with van der Waals surface area (Å²) >= 11 is 17.2. The Kier molecular flexibility index (Phi) is 4.59. The number of benzene rings is 1. The van der Waals surface area contributed by atoms with Crippen molar-refractivity contribution in [3.05, 3.63) is 32.8 Å². The number of hydrogen-bond donors (Lipinski definition) is 0. The number of hydrogen-bond acceptors (Lipinski definition) is 3. The van der Waals surface area contributed by atoms with E-state index in [-0.39, 0.29) is 22.0 Å². The van der Waals surface area contributed by atoms with Gasteiger partial charge in [0.15, 0.2) is 0 Å². The van der Waals surface area contributed by atoms with Crippen LogP contribution in [0, 0.1) is 0 Å². The molecule has 0 spiro atoms. The Hall–Kier alpha value is -0.770. The van der Waals surface area contributed by atoms with Gasteiger partial charge in [-0.3, -0.25) is 4.79 Å². The van der Waals surface area contributed by atoms with E-state index in [0.29, 0.717) is 5.02 Å². The molecule has 0 aliphatic heterocycles. The highest BCUT2D eigenvalue weighted by atomic mass is 35.5. The number of carbonyl (C=O) groups is 2. The molecular weight excluding hydrogens is 274 g/mol. The van der Waals surface area contributed by atoms with Crippen LogP contribution in [-0.2, 0) is 9.53 Å². The molecule has 1 aromatic rings. The van der Waals surface area contributed by atoms with Gasteiger partial charge in [0, 0.05) is 11.4 Å².